The molecule has 1 aliphatic heterocycles. The van der Waals surface area contributed by atoms with Gasteiger partial charge in [0.25, 0.3) is 11.8 Å². The second-order valence-electron chi connectivity index (χ2n) is 16.6. The van der Waals surface area contributed by atoms with Gasteiger partial charge < -0.3 is 28.6 Å². The summed E-state index contributed by atoms with van der Waals surface area (Å²) >= 11 is 0. The maximum absolute atomic E-state index is 15.5. The topological polar surface area (TPSA) is 157 Å². The van der Waals surface area contributed by atoms with Crippen molar-refractivity contribution in [3.8, 4) is 16.9 Å². The number of nitrogens with one attached hydrogen (secondary N) is 1. The molecule has 1 saturated heterocycles. The van der Waals surface area contributed by atoms with Crippen LogP contribution in [0.25, 0.3) is 44.0 Å². The predicted molar refractivity (Wildman–Crippen MR) is 248 cm³/mol. The van der Waals surface area contributed by atoms with Gasteiger partial charge in [0.1, 0.15) is 23.9 Å². The van der Waals surface area contributed by atoms with E-state index in [0.717, 1.165) is 94.1 Å². The van der Waals surface area contributed by atoms with Gasteiger partial charge in [0.2, 0.25) is 0 Å². The van der Waals surface area contributed by atoms with E-state index in [4.69, 9.17) is 23.7 Å². The van der Waals surface area contributed by atoms with Crippen LogP contribution in [0.1, 0.15) is 50.6 Å². The number of nitrogens with zero attached hydrogens (tertiary/aromatic N) is 8. The second kappa shape index (κ2) is 19.6. The summed E-state index contributed by atoms with van der Waals surface area (Å²) in [7, 11) is 0. The molecule has 15 nitrogen and oxygen atoms in total. The lowest BCUT2D eigenvalue weighted by atomic mass is 10.0. The van der Waals surface area contributed by atoms with Gasteiger partial charge in [-0.05, 0) is 92.9 Å². The van der Waals surface area contributed by atoms with E-state index in [1.165, 1.54) is 12.1 Å². The third-order valence-electron chi connectivity index (χ3n) is 12.2. The molecule has 0 unspecified atom stereocenters. The summed E-state index contributed by atoms with van der Waals surface area (Å²) in [6.07, 6.45) is 4.23. The highest BCUT2D eigenvalue weighted by Crippen LogP contribution is 2.32. The van der Waals surface area contributed by atoms with Crippen molar-refractivity contribution in [2.75, 3.05) is 46.1 Å². The molecule has 340 valence electrons. The summed E-state index contributed by atoms with van der Waals surface area (Å²) < 4.78 is 43.6. The molecular weight excluding hydrogens is 842 g/mol. The third kappa shape index (κ3) is 9.38. The van der Waals surface area contributed by atoms with Crippen LogP contribution in [0.2, 0.25) is 0 Å². The molecule has 5 heterocycles. The number of amides is 1. The van der Waals surface area contributed by atoms with Crippen molar-refractivity contribution in [3.63, 3.8) is 0 Å². The van der Waals surface area contributed by atoms with Gasteiger partial charge >= 0.3 is 0 Å². The molecule has 0 spiro atoms. The van der Waals surface area contributed by atoms with Crippen LogP contribution in [-0.2, 0) is 42.0 Å². The second-order valence-corrected chi connectivity index (χ2v) is 16.6. The van der Waals surface area contributed by atoms with Crippen molar-refractivity contribution in [2.45, 2.75) is 59.4 Å². The number of morpholine rings is 1. The van der Waals surface area contributed by atoms with Crippen LogP contribution in [0, 0.1) is 19.7 Å². The Balaban J connectivity index is 0.753. The Morgan fingerprint density at radius 1 is 0.955 bits per heavy atom. The minimum Gasteiger partial charge on any atom is -0.484 e. The van der Waals surface area contributed by atoms with Crippen LogP contribution in [0.4, 0.5) is 4.39 Å². The molecule has 4 aromatic carbocycles. The minimum absolute atomic E-state index is 0.0430. The van der Waals surface area contributed by atoms with Gasteiger partial charge in [0, 0.05) is 60.5 Å². The molecule has 0 bridgehead atoms. The van der Waals surface area contributed by atoms with Crippen molar-refractivity contribution in [1.82, 2.24) is 44.5 Å². The maximum Gasteiger partial charge on any atom is 0.254 e. The standard InChI is InChI=1S/C50H52FN9O6/c1-5-48(61)60-43-9-7-6-8-39(43)40-27-37(13-14-44(40)60)50(62)52-18-22-63-25-21-58-30-38(54-56-58)31-65-46-16-10-35(26-41(46)51)11-17-47-53-42-28-36(49-33(3)55-66-34(49)4)12-15-45(42)59(47)29-32(2)57-19-23-64-24-20-57/h5-10,12-16,26-28,30,32H,1,11,17-25,29,31H2,2-4H3,(H,52,62)/t32-/m1/s1. The van der Waals surface area contributed by atoms with Crippen molar-refractivity contribution >= 4 is 44.7 Å². The van der Waals surface area contributed by atoms with Crippen molar-refractivity contribution < 1.29 is 32.7 Å². The minimum atomic E-state index is -0.452. The highest BCUT2D eigenvalue weighted by Gasteiger charge is 2.22. The summed E-state index contributed by atoms with van der Waals surface area (Å²) in [5.41, 5.74) is 8.12. The van der Waals surface area contributed by atoms with Gasteiger partial charge in [-0.3, -0.25) is 19.1 Å². The van der Waals surface area contributed by atoms with Crippen molar-refractivity contribution in [3.05, 3.63) is 138 Å². The quantitative estimate of drug-likeness (QED) is 0.0672. The zero-order valence-corrected chi connectivity index (χ0v) is 37.3. The van der Waals surface area contributed by atoms with Gasteiger partial charge in [0.15, 0.2) is 11.6 Å². The Morgan fingerprint density at radius 2 is 1.77 bits per heavy atom. The number of fused-ring (bicyclic) bond motifs is 4. The highest BCUT2D eigenvalue weighted by atomic mass is 19.1. The first-order valence-corrected chi connectivity index (χ1v) is 22.3. The predicted octanol–water partition coefficient (Wildman–Crippen LogP) is 7.50. The summed E-state index contributed by atoms with van der Waals surface area (Å²) in [5, 5.41) is 17.1. The summed E-state index contributed by atoms with van der Waals surface area (Å²) in [6, 6.07) is 24.5. The smallest absolute Gasteiger partial charge is 0.254 e. The number of ether oxygens (including phenoxy) is 3. The Kier molecular flexibility index (Phi) is 13.1. The van der Waals surface area contributed by atoms with Gasteiger partial charge in [-0.25, -0.2) is 14.1 Å². The van der Waals surface area contributed by atoms with Gasteiger partial charge in [0.05, 0.1) is 66.9 Å². The zero-order chi connectivity index (χ0) is 45.7. The fraction of sp³-hybridized carbons (Fsp3) is 0.320. The van der Waals surface area contributed by atoms with Crippen molar-refractivity contribution in [2.24, 2.45) is 0 Å². The molecule has 1 N–H and O–H groups in total. The number of benzene rings is 4. The lowest BCUT2D eigenvalue weighted by Gasteiger charge is -2.32. The van der Waals surface area contributed by atoms with E-state index in [9.17, 15) is 9.59 Å². The Morgan fingerprint density at radius 3 is 2.58 bits per heavy atom. The number of para-hydroxylation sites is 1. The summed E-state index contributed by atoms with van der Waals surface area (Å²) in [4.78, 5) is 33.2. The normalized spacial score (nSPS) is 13.8. The first-order valence-electron chi connectivity index (χ1n) is 22.3. The maximum atomic E-state index is 15.5. The molecule has 66 heavy (non-hydrogen) atoms. The number of allylic oxidation sites excluding steroid dienone is 1. The molecule has 1 aliphatic rings. The lowest BCUT2D eigenvalue weighted by Crippen LogP contribution is -2.44. The molecule has 1 atom stereocenters. The SMILES string of the molecule is C=CC(=O)n1c2ccccc2c2cc(C(=O)NCCOCCn3cc(COc4ccc(CCc5nc6cc(-c7c(C)noc7C)ccc6n5C[C@@H](C)N5CCOCC5)cc4F)nn3)ccc21. The van der Waals surface area contributed by atoms with E-state index in [0.29, 0.717) is 55.9 Å². The van der Waals surface area contributed by atoms with Gasteiger partial charge in [-0.15, -0.1) is 5.10 Å². The summed E-state index contributed by atoms with van der Waals surface area (Å²) in [5.74, 6) is 0.911. The summed E-state index contributed by atoms with van der Waals surface area (Å²) in [6.45, 7) is 15.2. The number of hydrogen-bond acceptors (Lipinski definition) is 11. The van der Waals surface area contributed by atoms with E-state index in [1.54, 1.807) is 39.7 Å². The van der Waals surface area contributed by atoms with Crippen LogP contribution in [0.3, 0.4) is 0 Å². The van der Waals surface area contributed by atoms with E-state index in [1.807, 2.05) is 44.2 Å². The van der Waals surface area contributed by atoms with Crippen LogP contribution >= 0.6 is 0 Å². The Bertz CT molecular complexity index is 3030. The van der Waals surface area contributed by atoms with E-state index >= 15 is 4.39 Å². The van der Waals surface area contributed by atoms with Crippen LogP contribution in [0.5, 0.6) is 5.75 Å². The monoisotopic (exact) mass is 893 g/mol. The molecule has 8 aromatic rings. The number of carbonyl (C=O) groups excluding carboxylic acids is 2. The van der Waals surface area contributed by atoms with Gasteiger partial charge in [-0.1, -0.05) is 47.3 Å². The molecule has 1 amide bonds. The Labute approximate surface area is 380 Å². The first-order chi connectivity index (χ1) is 32.1. The first kappa shape index (κ1) is 44.2. The molecular formula is C50H52FN9O6. The lowest BCUT2D eigenvalue weighted by molar-refractivity contribution is 0.0170. The number of aryl methyl sites for hydroxylation is 4. The van der Waals surface area contributed by atoms with E-state index < -0.39 is 5.82 Å². The van der Waals surface area contributed by atoms with Crippen LogP contribution in [-0.4, -0.2) is 103 Å². The van der Waals surface area contributed by atoms with E-state index in [2.05, 4.69) is 62.0 Å². The molecule has 0 saturated carbocycles. The number of carbonyl (C=O) groups is 2. The molecule has 9 rings (SSSR count). The molecule has 0 radical (unpaired) electrons. The molecule has 4 aromatic heterocycles. The largest absolute Gasteiger partial charge is 0.484 e. The molecule has 16 heteroatoms. The number of hydrogen-bond donors (Lipinski definition) is 1. The van der Waals surface area contributed by atoms with Crippen molar-refractivity contribution in [1.29, 1.82) is 0 Å². The molecule has 1 fully saturated rings. The third-order valence-corrected chi connectivity index (χ3v) is 12.2. The van der Waals surface area contributed by atoms with Gasteiger partial charge in [-0.2, -0.15) is 0 Å². The fourth-order valence-corrected chi connectivity index (χ4v) is 8.80. The highest BCUT2D eigenvalue weighted by molar-refractivity contribution is 6.16. The average Bonchev–Trinajstić information content (AvgIpc) is 4.11. The fourth-order valence-electron chi connectivity index (χ4n) is 8.80. The van der Waals surface area contributed by atoms with Crippen LogP contribution in [0.15, 0.2) is 102 Å². The number of imidazole rings is 1. The number of halogens is 1. The number of rotatable bonds is 18. The molecule has 0 aliphatic carbocycles. The van der Waals surface area contributed by atoms with E-state index in [-0.39, 0.29) is 30.2 Å². The zero-order valence-electron chi connectivity index (χ0n) is 37.3. The average molecular weight is 894 g/mol. The Hall–Kier alpha value is -7.01. The number of aromatic nitrogens is 7. The van der Waals surface area contributed by atoms with Crippen LogP contribution < -0.4 is 10.1 Å².